The van der Waals surface area contributed by atoms with E-state index in [2.05, 4.69) is 5.32 Å². The lowest BCUT2D eigenvalue weighted by atomic mass is 10.1. The number of thioether (sulfide) groups is 1. The van der Waals surface area contributed by atoms with Gasteiger partial charge in [-0.2, -0.15) is 0 Å². The highest BCUT2D eigenvalue weighted by molar-refractivity contribution is 8.00. The molecule has 0 saturated carbocycles. The Morgan fingerprint density at radius 3 is 3.21 bits per heavy atom. The second-order valence-electron chi connectivity index (χ2n) is 3.57. The maximum absolute atomic E-state index is 9.32. The monoisotopic (exact) mass is 209 g/mol. The summed E-state index contributed by atoms with van der Waals surface area (Å²) in [5, 5.41) is 12.8. The molecule has 4 heteroatoms. The number of benzene rings is 1. The van der Waals surface area contributed by atoms with Crippen LogP contribution in [-0.2, 0) is 4.87 Å². The summed E-state index contributed by atoms with van der Waals surface area (Å²) in [6.45, 7) is 1.69. The molecule has 0 bridgehead atoms. The maximum Gasteiger partial charge on any atom is 0.129 e. The van der Waals surface area contributed by atoms with Crippen LogP contribution in [0.2, 0.25) is 0 Å². The molecule has 1 atom stereocenters. The van der Waals surface area contributed by atoms with Gasteiger partial charge < -0.3 is 9.84 Å². The highest BCUT2D eigenvalue weighted by Gasteiger charge is 2.43. The third kappa shape index (κ3) is 1.04. The predicted octanol–water partition coefficient (Wildman–Crippen LogP) is 1.27. The molecule has 0 radical (unpaired) electrons. The first kappa shape index (κ1) is 8.44. The minimum Gasteiger partial charge on any atom is -0.508 e. The van der Waals surface area contributed by atoms with Crippen LogP contribution in [0.3, 0.4) is 0 Å². The van der Waals surface area contributed by atoms with Crippen LogP contribution in [0.4, 0.5) is 0 Å². The van der Waals surface area contributed by atoms with E-state index in [0.29, 0.717) is 6.61 Å². The van der Waals surface area contributed by atoms with Crippen molar-refractivity contribution in [1.29, 1.82) is 0 Å². The number of nitrogens with one attached hydrogen (secondary N) is 1. The molecule has 0 aliphatic carbocycles. The normalized spacial score (nSPS) is 29.1. The molecular weight excluding hydrogens is 198 g/mol. The molecule has 1 aromatic carbocycles. The van der Waals surface area contributed by atoms with Crippen LogP contribution in [0.5, 0.6) is 11.5 Å². The quantitative estimate of drug-likeness (QED) is 0.675. The molecule has 2 N–H and O–H groups in total. The smallest absolute Gasteiger partial charge is 0.129 e. The molecule has 2 aliphatic heterocycles. The van der Waals surface area contributed by atoms with E-state index in [9.17, 15) is 5.11 Å². The zero-order chi connectivity index (χ0) is 9.60. The van der Waals surface area contributed by atoms with E-state index >= 15 is 0 Å². The van der Waals surface area contributed by atoms with E-state index in [0.717, 1.165) is 23.6 Å². The van der Waals surface area contributed by atoms with Crippen molar-refractivity contribution >= 4 is 11.8 Å². The summed E-state index contributed by atoms with van der Waals surface area (Å²) in [7, 11) is 0. The Balaban J connectivity index is 2.09. The van der Waals surface area contributed by atoms with Gasteiger partial charge in [0.25, 0.3) is 0 Å². The van der Waals surface area contributed by atoms with Crippen LogP contribution in [0.25, 0.3) is 0 Å². The van der Waals surface area contributed by atoms with Gasteiger partial charge in [0.15, 0.2) is 0 Å². The summed E-state index contributed by atoms with van der Waals surface area (Å²) in [6.07, 6.45) is 0. The van der Waals surface area contributed by atoms with Crippen molar-refractivity contribution in [2.24, 2.45) is 0 Å². The van der Waals surface area contributed by atoms with Gasteiger partial charge in [-0.15, -0.1) is 11.8 Å². The summed E-state index contributed by atoms with van der Waals surface area (Å²) >= 11 is 1.88. The topological polar surface area (TPSA) is 41.5 Å². The Morgan fingerprint density at radius 1 is 1.50 bits per heavy atom. The Kier molecular flexibility index (Phi) is 1.69. The second kappa shape index (κ2) is 2.81. The fraction of sp³-hybridized carbons (Fsp3) is 0.400. The molecule has 1 spiro atoms. The second-order valence-corrected chi connectivity index (χ2v) is 4.97. The van der Waals surface area contributed by atoms with Crippen LogP contribution >= 0.6 is 11.8 Å². The van der Waals surface area contributed by atoms with E-state index in [4.69, 9.17) is 4.74 Å². The summed E-state index contributed by atoms with van der Waals surface area (Å²) in [6, 6.07) is 5.35. The van der Waals surface area contributed by atoms with Crippen molar-refractivity contribution in [2.45, 2.75) is 4.87 Å². The van der Waals surface area contributed by atoms with E-state index in [-0.39, 0.29) is 10.6 Å². The van der Waals surface area contributed by atoms with E-state index in [1.165, 1.54) is 0 Å². The molecule has 0 aromatic heterocycles. The van der Waals surface area contributed by atoms with Crippen molar-refractivity contribution in [1.82, 2.24) is 5.32 Å². The molecule has 3 rings (SSSR count). The molecule has 14 heavy (non-hydrogen) atoms. The van der Waals surface area contributed by atoms with Gasteiger partial charge in [0.1, 0.15) is 23.0 Å². The average molecular weight is 209 g/mol. The van der Waals surface area contributed by atoms with E-state index in [1.807, 2.05) is 17.8 Å². The van der Waals surface area contributed by atoms with Gasteiger partial charge in [0.2, 0.25) is 0 Å². The number of fused-ring (bicyclic) bond motifs is 2. The minimum absolute atomic E-state index is 0.0525. The standard InChI is InChI=1S/C10H11NO2S/c12-7-1-2-8-9(5-7)13-6-10(8)11-3-4-14-10/h1-2,5,11-12H,3-4,6H2. The fourth-order valence-corrected chi connectivity index (χ4v) is 3.24. The molecule has 1 unspecified atom stereocenters. The maximum atomic E-state index is 9.32. The van der Waals surface area contributed by atoms with Gasteiger partial charge in [-0.3, -0.25) is 5.32 Å². The number of rotatable bonds is 0. The molecule has 2 aliphatic rings. The Morgan fingerprint density at radius 2 is 2.43 bits per heavy atom. The largest absolute Gasteiger partial charge is 0.508 e. The fourth-order valence-electron chi connectivity index (χ4n) is 2.02. The van der Waals surface area contributed by atoms with Crippen molar-refractivity contribution in [2.75, 3.05) is 18.9 Å². The molecule has 1 aromatic rings. The Hall–Kier alpha value is -0.870. The number of ether oxygens (including phenoxy) is 1. The Bertz CT molecular complexity index is 374. The third-order valence-electron chi connectivity index (χ3n) is 2.69. The highest BCUT2D eigenvalue weighted by atomic mass is 32.2. The van der Waals surface area contributed by atoms with Gasteiger partial charge >= 0.3 is 0 Å². The SMILES string of the molecule is Oc1ccc2c(c1)OCC21NCCS1. The van der Waals surface area contributed by atoms with Crippen LogP contribution in [0, 0.1) is 0 Å². The lowest BCUT2D eigenvalue weighted by molar-refractivity contribution is 0.300. The lowest BCUT2D eigenvalue weighted by Crippen LogP contribution is -2.35. The van der Waals surface area contributed by atoms with E-state index < -0.39 is 0 Å². The number of hydrogen-bond donors (Lipinski definition) is 2. The third-order valence-corrected chi connectivity index (χ3v) is 4.08. The van der Waals surface area contributed by atoms with Crippen molar-refractivity contribution < 1.29 is 9.84 Å². The van der Waals surface area contributed by atoms with Crippen molar-refractivity contribution in [3.05, 3.63) is 23.8 Å². The van der Waals surface area contributed by atoms with Crippen molar-refractivity contribution in [3.63, 3.8) is 0 Å². The number of phenols is 1. The van der Waals surface area contributed by atoms with E-state index in [1.54, 1.807) is 12.1 Å². The molecular formula is C10H11NO2S. The number of hydrogen-bond acceptors (Lipinski definition) is 4. The number of phenolic OH excluding ortho intramolecular Hbond substituents is 1. The molecule has 0 amide bonds. The summed E-state index contributed by atoms with van der Waals surface area (Å²) < 4.78 is 5.57. The first-order chi connectivity index (χ1) is 6.80. The average Bonchev–Trinajstić information content (AvgIpc) is 2.77. The van der Waals surface area contributed by atoms with Crippen LogP contribution in [-0.4, -0.2) is 24.0 Å². The van der Waals surface area contributed by atoms with Gasteiger partial charge in [-0.05, 0) is 12.1 Å². The molecule has 1 saturated heterocycles. The van der Waals surface area contributed by atoms with Crippen LogP contribution in [0.1, 0.15) is 5.56 Å². The van der Waals surface area contributed by atoms with Gasteiger partial charge in [0.05, 0.1) is 0 Å². The first-order valence-electron chi connectivity index (χ1n) is 4.65. The first-order valence-corrected chi connectivity index (χ1v) is 5.64. The van der Waals surface area contributed by atoms with Crippen LogP contribution < -0.4 is 10.1 Å². The van der Waals surface area contributed by atoms with Gasteiger partial charge in [0, 0.05) is 23.9 Å². The molecule has 74 valence electrons. The molecule has 1 fully saturated rings. The lowest BCUT2D eigenvalue weighted by Gasteiger charge is -2.20. The molecule has 2 heterocycles. The van der Waals surface area contributed by atoms with Crippen molar-refractivity contribution in [3.8, 4) is 11.5 Å². The minimum atomic E-state index is -0.0525. The van der Waals surface area contributed by atoms with Crippen LogP contribution in [0.15, 0.2) is 18.2 Å². The zero-order valence-electron chi connectivity index (χ0n) is 7.62. The summed E-state index contributed by atoms with van der Waals surface area (Å²) in [5.41, 5.74) is 1.16. The predicted molar refractivity (Wildman–Crippen MR) is 55.7 cm³/mol. The van der Waals surface area contributed by atoms with Gasteiger partial charge in [-0.25, -0.2) is 0 Å². The zero-order valence-corrected chi connectivity index (χ0v) is 8.43. The number of aromatic hydroxyl groups is 1. The van der Waals surface area contributed by atoms with Gasteiger partial charge in [-0.1, -0.05) is 0 Å². The summed E-state index contributed by atoms with van der Waals surface area (Å²) in [4.78, 5) is -0.0525. The highest BCUT2D eigenvalue weighted by Crippen LogP contribution is 2.47. The molecule has 3 nitrogen and oxygen atoms in total. The summed E-state index contributed by atoms with van der Waals surface area (Å²) in [5.74, 6) is 2.19. The Labute approximate surface area is 86.5 Å².